The number of hydrogen-bond donors (Lipinski definition) is 1. The van der Waals surface area contributed by atoms with Gasteiger partial charge in [0.1, 0.15) is 0 Å². The lowest BCUT2D eigenvalue weighted by molar-refractivity contribution is 0.213. The largest absolute Gasteiger partial charge is 0.346 e. The monoisotopic (exact) mass is 342 g/mol. The molecule has 0 aliphatic heterocycles. The lowest BCUT2D eigenvalue weighted by Crippen LogP contribution is -2.35. The Kier molecular flexibility index (Phi) is 6.43. The molecule has 0 bridgehead atoms. The molecule has 0 aromatic carbocycles. The molecule has 0 fully saturated rings. The van der Waals surface area contributed by atoms with Crippen LogP contribution in [-0.2, 0) is 5.41 Å². The van der Waals surface area contributed by atoms with Crippen LogP contribution in [0.25, 0.3) is 0 Å². The number of thioether (sulfide) groups is 1. The minimum absolute atomic E-state index is 0.146. The minimum Gasteiger partial charge on any atom is -0.337 e. The van der Waals surface area contributed by atoms with Crippen LogP contribution in [0.15, 0.2) is 5.16 Å². The van der Waals surface area contributed by atoms with Crippen LogP contribution in [0.1, 0.15) is 26.6 Å². The van der Waals surface area contributed by atoms with Gasteiger partial charge in [-0.05, 0) is 0 Å². The summed E-state index contributed by atoms with van der Waals surface area (Å²) in [6, 6.07) is -0.389. The van der Waals surface area contributed by atoms with Crippen LogP contribution in [0, 0.1) is 0 Å². The Labute approximate surface area is 141 Å². The average Bonchev–Trinajstić information content (AvgIpc) is 2.86. The van der Waals surface area contributed by atoms with Crippen molar-refractivity contribution in [3.8, 4) is 0 Å². The van der Waals surface area contributed by atoms with E-state index in [0.717, 1.165) is 0 Å². The summed E-state index contributed by atoms with van der Waals surface area (Å²) in [6.45, 7) is 6.48. The van der Waals surface area contributed by atoms with Crippen molar-refractivity contribution < 1.29 is 9.59 Å². The normalized spacial score (nSPS) is 11.3. The third-order valence-electron chi connectivity index (χ3n) is 2.83. The molecule has 0 saturated carbocycles. The molecule has 0 radical (unpaired) electrons. The van der Waals surface area contributed by atoms with E-state index in [-0.39, 0.29) is 17.5 Å². The molecule has 1 aromatic rings. The summed E-state index contributed by atoms with van der Waals surface area (Å²) < 4.78 is 1.32. The molecular formula is C14H26N6O2S. The highest BCUT2D eigenvalue weighted by molar-refractivity contribution is 7.99. The van der Waals surface area contributed by atoms with E-state index in [0.29, 0.717) is 23.3 Å². The summed E-state index contributed by atoms with van der Waals surface area (Å²) in [5.74, 6) is 1.22. The Balaban J connectivity index is 2.81. The lowest BCUT2D eigenvalue weighted by Gasteiger charge is -2.13. The van der Waals surface area contributed by atoms with Crippen molar-refractivity contribution in [2.24, 2.45) is 0 Å². The molecule has 23 heavy (non-hydrogen) atoms. The van der Waals surface area contributed by atoms with Gasteiger partial charge in [0.25, 0.3) is 0 Å². The summed E-state index contributed by atoms with van der Waals surface area (Å²) in [5, 5.41) is 7.65. The number of carbonyl (C=O) groups is 2. The van der Waals surface area contributed by atoms with Crippen LogP contribution >= 0.6 is 11.8 Å². The number of nitrogens with one attached hydrogen (secondary N) is 1. The number of urea groups is 1. The van der Waals surface area contributed by atoms with Crippen LogP contribution in [0.2, 0.25) is 0 Å². The number of hydrogen-bond acceptors (Lipinski definition) is 5. The third kappa shape index (κ3) is 5.42. The number of rotatable bonds is 4. The molecule has 0 aliphatic carbocycles. The van der Waals surface area contributed by atoms with Gasteiger partial charge in [0.05, 0.1) is 0 Å². The Hall–Kier alpha value is -1.77. The first kappa shape index (κ1) is 19.3. The van der Waals surface area contributed by atoms with E-state index in [1.54, 1.807) is 28.2 Å². The Bertz CT molecular complexity index is 562. The van der Waals surface area contributed by atoms with E-state index in [2.05, 4.69) is 15.4 Å². The molecule has 0 saturated heterocycles. The minimum atomic E-state index is -0.244. The molecule has 1 rings (SSSR count). The molecule has 1 heterocycles. The molecule has 0 spiro atoms. The molecule has 0 unspecified atom stereocenters. The van der Waals surface area contributed by atoms with Crippen LogP contribution < -0.4 is 5.32 Å². The average molecular weight is 342 g/mol. The fourth-order valence-corrected chi connectivity index (χ4v) is 2.26. The van der Waals surface area contributed by atoms with Crippen molar-refractivity contribution in [2.45, 2.75) is 31.3 Å². The highest BCUT2D eigenvalue weighted by Gasteiger charge is 2.25. The predicted molar refractivity (Wildman–Crippen MR) is 91.0 cm³/mol. The summed E-state index contributed by atoms with van der Waals surface area (Å²) in [7, 11) is 6.72. The maximum atomic E-state index is 12.2. The van der Waals surface area contributed by atoms with Crippen molar-refractivity contribution in [1.82, 2.24) is 29.9 Å². The first-order valence-electron chi connectivity index (χ1n) is 7.31. The van der Waals surface area contributed by atoms with Gasteiger partial charge >= 0.3 is 12.1 Å². The Morgan fingerprint density at radius 1 is 1.17 bits per heavy atom. The summed E-state index contributed by atoms with van der Waals surface area (Å²) in [4.78, 5) is 31.1. The standard InChI is InChI=1S/C14H26N6O2S/c1-14(2,3)10-16-12(20(17-10)13(22)19(6)7)23-9-8-15-11(21)18(4)5/h8-9H2,1-7H3,(H,15,21). The number of nitrogens with zero attached hydrogens (tertiary/aromatic N) is 5. The van der Waals surface area contributed by atoms with E-state index in [9.17, 15) is 9.59 Å². The summed E-state index contributed by atoms with van der Waals surface area (Å²) in [5.41, 5.74) is -0.244. The highest BCUT2D eigenvalue weighted by Crippen LogP contribution is 2.23. The topological polar surface area (TPSA) is 83.4 Å². The molecular weight excluding hydrogens is 316 g/mol. The molecule has 8 nitrogen and oxygen atoms in total. The van der Waals surface area contributed by atoms with Crippen molar-refractivity contribution in [2.75, 3.05) is 40.5 Å². The molecule has 3 amide bonds. The maximum absolute atomic E-state index is 12.2. The van der Waals surface area contributed by atoms with Gasteiger partial charge < -0.3 is 15.1 Å². The Morgan fingerprint density at radius 2 is 1.78 bits per heavy atom. The molecule has 1 N–H and O–H groups in total. The van der Waals surface area contributed by atoms with Crippen LogP contribution in [0.3, 0.4) is 0 Å². The van der Waals surface area contributed by atoms with E-state index < -0.39 is 0 Å². The van der Waals surface area contributed by atoms with E-state index in [1.807, 2.05) is 20.8 Å². The van der Waals surface area contributed by atoms with Gasteiger partial charge in [-0.3, -0.25) is 0 Å². The number of amides is 3. The van der Waals surface area contributed by atoms with Gasteiger partial charge in [0.15, 0.2) is 11.0 Å². The first-order valence-corrected chi connectivity index (χ1v) is 8.29. The molecule has 1 aromatic heterocycles. The zero-order chi connectivity index (χ0) is 17.8. The van der Waals surface area contributed by atoms with Gasteiger partial charge in [-0.25, -0.2) is 14.6 Å². The second-order valence-corrected chi connectivity index (χ2v) is 7.59. The maximum Gasteiger partial charge on any atom is 0.346 e. The third-order valence-corrected chi connectivity index (χ3v) is 3.76. The van der Waals surface area contributed by atoms with Crippen molar-refractivity contribution >= 4 is 23.8 Å². The van der Waals surface area contributed by atoms with Gasteiger partial charge in [0, 0.05) is 45.9 Å². The smallest absolute Gasteiger partial charge is 0.337 e. The fraction of sp³-hybridized carbons (Fsp3) is 0.714. The highest BCUT2D eigenvalue weighted by atomic mass is 32.2. The van der Waals surface area contributed by atoms with E-state index in [4.69, 9.17) is 0 Å². The zero-order valence-corrected chi connectivity index (χ0v) is 15.7. The van der Waals surface area contributed by atoms with Gasteiger partial charge in [-0.15, -0.1) is 5.10 Å². The molecule has 0 aliphatic rings. The van der Waals surface area contributed by atoms with Crippen LogP contribution in [0.4, 0.5) is 9.59 Å². The number of carbonyl (C=O) groups excluding carboxylic acids is 2. The van der Waals surface area contributed by atoms with E-state index >= 15 is 0 Å². The zero-order valence-electron chi connectivity index (χ0n) is 14.9. The van der Waals surface area contributed by atoms with E-state index in [1.165, 1.54) is 26.2 Å². The summed E-state index contributed by atoms with van der Waals surface area (Å²) in [6.07, 6.45) is 0. The van der Waals surface area contributed by atoms with Crippen LogP contribution in [-0.4, -0.2) is 77.1 Å². The van der Waals surface area contributed by atoms with Gasteiger partial charge in [-0.1, -0.05) is 32.5 Å². The quantitative estimate of drug-likeness (QED) is 0.662. The Morgan fingerprint density at radius 3 is 2.26 bits per heavy atom. The fourth-order valence-electron chi connectivity index (χ4n) is 1.48. The van der Waals surface area contributed by atoms with Gasteiger partial charge in [-0.2, -0.15) is 4.68 Å². The summed E-state index contributed by atoms with van der Waals surface area (Å²) >= 11 is 1.39. The van der Waals surface area contributed by atoms with Crippen molar-refractivity contribution in [3.63, 3.8) is 0 Å². The number of aromatic nitrogens is 3. The second-order valence-electron chi connectivity index (χ2n) is 6.53. The van der Waals surface area contributed by atoms with Crippen molar-refractivity contribution in [3.05, 3.63) is 5.82 Å². The molecule has 130 valence electrons. The predicted octanol–water partition coefficient (Wildman–Crippen LogP) is 1.47. The second kappa shape index (κ2) is 7.67. The lowest BCUT2D eigenvalue weighted by atomic mass is 9.96. The molecule has 9 heteroatoms. The first-order chi connectivity index (χ1) is 10.5. The van der Waals surface area contributed by atoms with Gasteiger partial charge in [0.2, 0.25) is 0 Å². The van der Waals surface area contributed by atoms with Crippen LogP contribution in [0.5, 0.6) is 0 Å². The molecule has 0 atom stereocenters. The van der Waals surface area contributed by atoms with Crippen molar-refractivity contribution in [1.29, 1.82) is 0 Å². The SMILES string of the molecule is CN(C)C(=O)NCCSc1nc(C(C)(C)C)nn1C(=O)N(C)C.